The lowest BCUT2D eigenvalue weighted by atomic mass is 10.1. The Kier molecular flexibility index (Phi) is 4.07. The van der Waals surface area contributed by atoms with E-state index >= 15 is 0 Å². The lowest BCUT2D eigenvalue weighted by Gasteiger charge is -2.02. The number of carbonyl (C=O) groups is 1. The molecule has 1 aromatic heterocycles. The number of halogens is 2. The third-order valence-electron chi connectivity index (χ3n) is 2.28. The van der Waals surface area contributed by atoms with E-state index in [1.54, 1.807) is 36.4 Å². The van der Waals surface area contributed by atoms with Crippen molar-refractivity contribution >= 4 is 52.2 Å². The van der Waals surface area contributed by atoms with Crippen LogP contribution in [0.15, 0.2) is 35.7 Å². The first kappa shape index (κ1) is 13.1. The molecule has 0 bridgehead atoms. The van der Waals surface area contributed by atoms with Crippen LogP contribution in [0, 0.1) is 0 Å². The fraction of sp³-hybridized carbons (Fsp3) is 0. The van der Waals surface area contributed by atoms with Gasteiger partial charge in [-0.1, -0.05) is 35.3 Å². The first-order valence-corrected chi connectivity index (χ1v) is 6.65. The molecule has 0 spiro atoms. The number of hydrogen-bond acceptors (Lipinski definition) is 2. The van der Waals surface area contributed by atoms with Gasteiger partial charge in [-0.25, -0.2) is 4.79 Å². The fourth-order valence-corrected chi connectivity index (χ4v) is 2.64. The van der Waals surface area contributed by atoms with Gasteiger partial charge >= 0.3 is 5.97 Å². The fourth-order valence-electron chi connectivity index (χ4n) is 1.44. The highest BCUT2D eigenvalue weighted by atomic mass is 35.5. The molecule has 92 valence electrons. The molecule has 0 unspecified atom stereocenters. The van der Waals surface area contributed by atoms with Gasteiger partial charge in [-0.3, -0.25) is 0 Å². The van der Waals surface area contributed by atoms with E-state index in [2.05, 4.69) is 0 Å². The Morgan fingerprint density at radius 3 is 2.61 bits per heavy atom. The smallest absolute Gasteiger partial charge is 0.337 e. The van der Waals surface area contributed by atoms with Gasteiger partial charge in [-0.2, -0.15) is 0 Å². The molecule has 1 aromatic carbocycles. The third-order valence-corrected chi connectivity index (χ3v) is 3.74. The Balaban J connectivity index is 2.49. The molecule has 2 nitrogen and oxygen atoms in total. The predicted molar refractivity (Wildman–Crippen MR) is 76.3 cm³/mol. The second-order valence-corrected chi connectivity index (χ2v) is 5.30. The van der Waals surface area contributed by atoms with E-state index < -0.39 is 5.97 Å². The highest BCUT2D eigenvalue weighted by Gasteiger charge is 2.12. The molecule has 1 N–H and O–H groups in total. The van der Waals surface area contributed by atoms with Crippen LogP contribution < -0.4 is 0 Å². The highest BCUT2D eigenvalue weighted by Crippen LogP contribution is 2.27. The van der Waals surface area contributed by atoms with Crippen LogP contribution in [0.5, 0.6) is 0 Å². The molecule has 0 aliphatic heterocycles. The Bertz CT molecular complexity index is 603. The molecule has 0 saturated heterocycles. The summed E-state index contributed by atoms with van der Waals surface area (Å²) in [5, 5.41) is 12.0. The van der Waals surface area contributed by atoms with Crippen molar-refractivity contribution in [1.82, 2.24) is 0 Å². The zero-order valence-corrected chi connectivity index (χ0v) is 11.4. The van der Waals surface area contributed by atoms with E-state index in [1.165, 1.54) is 11.3 Å². The zero-order chi connectivity index (χ0) is 13.1. The number of thiophene rings is 1. The molecule has 18 heavy (non-hydrogen) atoms. The molecule has 0 atom stereocenters. The van der Waals surface area contributed by atoms with Gasteiger partial charge in [0.2, 0.25) is 0 Å². The van der Waals surface area contributed by atoms with Crippen molar-refractivity contribution in [2.24, 2.45) is 0 Å². The number of rotatable bonds is 3. The van der Waals surface area contributed by atoms with Gasteiger partial charge in [-0.05, 0) is 35.2 Å². The molecule has 5 heteroatoms. The average molecular weight is 299 g/mol. The van der Waals surface area contributed by atoms with Gasteiger partial charge in [0.25, 0.3) is 0 Å². The monoisotopic (exact) mass is 298 g/mol. The van der Waals surface area contributed by atoms with Crippen molar-refractivity contribution in [3.8, 4) is 0 Å². The molecule has 2 aromatic rings. The van der Waals surface area contributed by atoms with Crippen molar-refractivity contribution in [2.75, 3.05) is 0 Å². The van der Waals surface area contributed by atoms with Gasteiger partial charge < -0.3 is 5.11 Å². The maximum Gasteiger partial charge on any atom is 0.337 e. The molecule has 1 heterocycles. The minimum Gasteiger partial charge on any atom is -0.478 e. The predicted octanol–water partition coefficient (Wildman–Crippen LogP) is 4.68. The topological polar surface area (TPSA) is 37.3 Å². The molecule has 0 aliphatic carbocycles. The maximum absolute atomic E-state index is 11.2. The largest absolute Gasteiger partial charge is 0.478 e. The van der Waals surface area contributed by atoms with Crippen LogP contribution in [-0.2, 0) is 4.79 Å². The van der Waals surface area contributed by atoms with Crippen molar-refractivity contribution in [2.45, 2.75) is 0 Å². The van der Waals surface area contributed by atoms with Gasteiger partial charge in [0, 0.05) is 14.9 Å². The van der Waals surface area contributed by atoms with Crippen LogP contribution in [-0.4, -0.2) is 11.1 Å². The minimum atomic E-state index is -0.983. The van der Waals surface area contributed by atoms with Crippen LogP contribution in [0.4, 0.5) is 0 Å². The minimum absolute atomic E-state index is 0.217. The van der Waals surface area contributed by atoms with Gasteiger partial charge in [0.1, 0.15) is 0 Å². The van der Waals surface area contributed by atoms with Crippen LogP contribution in [0.2, 0.25) is 10.0 Å². The standard InChI is InChI=1S/C13H8Cl2O2S/c14-9-4-3-8(11(15)7-9)6-10(13(16)17)12-2-1-5-18-12/h1-7H,(H,16,17)/b10-6-. The van der Waals surface area contributed by atoms with Crippen LogP contribution in [0.3, 0.4) is 0 Å². The van der Waals surface area contributed by atoms with Crippen molar-refractivity contribution in [3.05, 3.63) is 56.2 Å². The Morgan fingerprint density at radius 1 is 1.28 bits per heavy atom. The molecular formula is C13H8Cl2O2S. The van der Waals surface area contributed by atoms with E-state index in [1.807, 2.05) is 5.38 Å². The van der Waals surface area contributed by atoms with E-state index in [-0.39, 0.29) is 5.57 Å². The highest BCUT2D eigenvalue weighted by molar-refractivity contribution is 7.11. The number of hydrogen-bond donors (Lipinski definition) is 1. The van der Waals surface area contributed by atoms with Crippen molar-refractivity contribution in [3.63, 3.8) is 0 Å². The third kappa shape index (κ3) is 2.93. The summed E-state index contributed by atoms with van der Waals surface area (Å²) in [5.74, 6) is -0.983. The summed E-state index contributed by atoms with van der Waals surface area (Å²) in [5.41, 5.74) is 0.848. The lowest BCUT2D eigenvalue weighted by Crippen LogP contribution is -1.97. The van der Waals surface area contributed by atoms with E-state index in [0.29, 0.717) is 20.5 Å². The van der Waals surface area contributed by atoms with Crippen LogP contribution in [0.25, 0.3) is 11.6 Å². The second-order valence-electron chi connectivity index (χ2n) is 3.51. The first-order valence-electron chi connectivity index (χ1n) is 5.02. The van der Waals surface area contributed by atoms with Crippen molar-refractivity contribution < 1.29 is 9.90 Å². The molecule has 0 radical (unpaired) electrons. The number of benzene rings is 1. The molecular weight excluding hydrogens is 291 g/mol. The molecule has 0 saturated carbocycles. The summed E-state index contributed by atoms with van der Waals surface area (Å²) >= 11 is 13.2. The summed E-state index contributed by atoms with van der Waals surface area (Å²) in [6, 6.07) is 8.52. The van der Waals surface area contributed by atoms with E-state index in [9.17, 15) is 9.90 Å². The molecule has 0 fully saturated rings. The normalized spacial score (nSPS) is 11.6. The lowest BCUT2D eigenvalue weighted by molar-refractivity contribution is -0.130. The average Bonchev–Trinajstić information content (AvgIpc) is 2.80. The van der Waals surface area contributed by atoms with Gasteiger partial charge in [-0.15, -0.1) is 11.3 Å². The van der Waals surface area contributed by atoms with Gasteiger partial charge in [0.15, 0.2) is 0 Å². The number of carboxylic acid groups (broad SMARTS) is 1. The summed E-state index contributed by atoms with van der Waals surface area (Å²) in [6.07, 6.45) is 1.55. The summed E-state index contributed by atoms with van der Waals surface area (Å²) < 4.78 is 0. The van der Waals surface area contributed by atoms with Crippen LogP contribution in [0.1, 0.15) is 10.4 Å². The van der Waals surface area contributed by atoms with E-state index in [0.717, 1.165) is 0 Å². The molecule has 0 aliphatic rings. The van der Waals surface area contributed by atoms with Crippen molar-refractivity contribution in [1.29, 1.82) is 0 Å². The van der Waals surface area contributed by atoms with Gasteiger partial charge in [0.05, 0.1) is 5.57 Å². The van der Waals surface area contributed by atoms with Crippen LogP contribution >= 0.6 is 34.5 Å². The second kappa shape index (κ2) is 5.57. The number of aliphatic carboxylic acids is 1. The summed E-state index contributed by atoms with van der Waals surface area (Å²) in [6.45, 7) is 0. The molecule has 0 amide bonds. The SMILES string of the molecule is O=C(O)/C(=C\c1ccc(Cl)cc1Cl)c1cccs1. The summed E-state index contributed by atoms with van der Waals surface area (Å²) in [7, 11) is 0. The Morgan fingerprint density at radius 2 is 2.06 bits per heavy atom. The Hall–Kier alpha value is -1.29. The Labute approximate surface area is 118 Å². The zero-order valence-electron chi connectivity index (χ0n) is 9.06. The number of carboxylic acids is 1. The maximum atomic E-state index is 11.2. The molecule has 2 rings (SSSR count). The quantitative estimate of drug-likeness (QED) is 0.835. The first-order chi connectivity index (χ1) is 8.58. The van der Waals surface area contributed by atoms with E-state index in [4.69, 9.17) is 23.2 Å². The summed E-state index contributed by atoms with van der Waals surface area (Å²) in [4.78, 5) is 11.9.